The maximum absolute atomic E-state index is 13.6. The van der Waals surface area contributed by atoms with Crippen LogP contribution in [0.2, 0.25) is 0 Å². The number of benzene rings is 3. The van der Waals surface area contributed by atoms with E-state index in [-0.39, 0.29) is 18.3 Å². The van der Waals surface area contributed by atoms with E-state index in [1.807, 2.05) is 24.3 Å². The normalized spacial score (nSPS) is 14.9. The van der Waals surface area contributed by atoms with Crippen LogP contribution in [0.3, 0.4) is 0 Å². The Balaban J connectivity index is 1.72. The summed E-state index contributed by atoms with van der Waals surface area (Å²) in [6, 6.07) is 16.4. The second-order valence-corrected chi connectivity index (χ2v) is 7.64. The molecule has 0 unspecified atom stereocenters. The van der Waals surface area contributed by atoms with Gasteiger partial charge in [0.25, 0.3) is 5.91 Å². The first-order valence-electron chi connectivity index (χ1n) is 10.6. The molecule has 172 valence electrons. The molecule has 1 aliphatic rings. The molecular formula is C26H26FNO5. The number of nitrogens with zero attached hydrogens (tertiary/aromatic N) is 1. The smallest absolute Gasteiger partial charge is 0.258 e. The Hall–Kier alpha value is -3.74. The van der Waals surface area contributed by atoms with Crippen LogP contribution in [0.4, 0.5) is 4.39 Å². The molecule has 1 amide bonds. The highest BCUT2D eigenvalue weighted by molar-refractivity contribution is 5.97. The summed E-state index contributed by atoms with van der Waals surface area (Å²) in [4.78, 5) is 15.4. The van der Waals surface area contributed by atoms with Crippen molar-refractivity contribution in [2.75, 3.05) is 34.5 Å². The van der Waals surface area contributed by atoms with Crippen molar-refractivity contribution >= 4 is 5.91 Å². The van der Waals surface area contributed by atoms with Gasteiger partial charge in [0.15, 0.2) is 11.5 Å². The van der Waals surface area contributed by atoms with Crippen LogP contribution in [0.1, 0.15) is 27.5 Å². The predicted octanol–water partition coefficient (Wildman–Crippen LogP) is 4.67. The fraction of sp³-hybridized carbons (Fsp3) is 0.269. The second-order valence-electron chi connectivity index (χ2n) is 7.64. The molecule has 0 saturated carbocycles. The largest absolute Gasteiger partial charge is 0.496 e. The number of halogens is 1. The molecule has 0 aromatic heterocycles. The Labute approximate surface area is 192 Å². The molecule has 7 heteroatoms. The number of fused-ring (bicyclic) bond motifs is 1. The van der Waals surface area contributed by atoms with Crippen LogP contribution in [-0.4, -0.2) is 45.3 Å². The number of rotatable bonds is 7. The lowest BCUT2D eigenvalue weighted by Gasteiger charge is -2.38. The van der Waals surface area contributed by atoms with E-state index < -0.39 is 6.04 Å². The number of methoxy groups -OCH3 is 3. The highest BCUT2D eigenvalue weighted by atomic mass is 19.1. The maximum Gasteiger partial charge on any atom is 0.258 e. The summed E-state index contributed by atoms with van der Waals surface area (Å²) in [6.07, 6.45) is 0.656. The number of para-hydroxylation sites is 1. The molecule has 1 atom stereocenters. The summed E-state index contributed by atoms with van der Waals surface area (Å²) in [5.41, 5.74) is 2.46. The van der Waals surface area contributed by atoms with Crippen molar-refractivity contribution in [3.63, 3.8) is 0 Å². The molecule has 3 aromatic carbocycles. The number of amides is 1. The summed E-state index contributed by atoms with van der Waals surface area (Å²) in [6.45, 7) is 0.686. The molecule has 33 heavy (non-hydrogen) atoms. The van der Waals surface area contributed by atoms with E-state index >= 15 is 0 Å². The van der Waals surface area contributed by atoms with Gasteiger partial charge in [-0.3, -0.25) is 4.79 Å². The van der Waals surface area contributed by atoms with Gasteiger partial charge in [-0.2, -0.15) is 0 Å². The van der Waals surface area contributed by atoms with E-state index in [2.05, 4.69) is 0 Å². The third-order valence-corrected chi connectivity index (χ3v) is 5.82. The average Bonchev–Trinajstić information content (AvgIpc) is 2.86. The molecule has 0 radical (unpaired) electrons. The van der Waals surface area contributed by atoms with Crippen LogP contribution in [0.15, 0.2) is 60.7 Å². The van der Waals surface area contributed by atoms with Gasteiger partial charge in [0, 0.05) is 6.54 Å². The second kappa shape index (κ2) is 9.81. The highest BCUT2D eigenvalue weighted by Crippen LogP contribution is 2.39. The van der Waals surface area contributed by atoms with E-state index in [4.69, 9.17) is 18.9 Å². The molecule has 0 saturated heterocycles. The molecule has 4 rings (SSSR count). The van der Waals surface area contributed by atoms with Crippen molar-refractivity contribution in [2.24, 2.45) is 0 Å². The minimum absolute atomic E-state index is 0.152. The van der Waals surface area contributed by atoms with Crippen LogP contribution in [0, 0.1) is 5.82 Å². The van der Waals surface area contributed by atoms with Crippen LogP contribution in [-0.2, 0) is 6.42 Å². The summed E-state index contributed by atoms with van der Waals surface area (Å²) in [5.74, 6) is 1.76. The van der Waals surface area contributed by atoms with Gasteiger partial charge in [0.05, 0.1) is 32.9 Å². The molecule has 0 spiro atoms. The van der Waals surface area contributed by atoms with Crippen molar-refractivity contribution in [3.05, 3.63) is 83.2 Å². The average molecular weight is 451 g/mol. The summed E-state index contributed by atoms with van der Waals surface area (Å²) < 4.78 is 35.7. The molecule has 3 aromatic rings. The quantitative estimate of drug-likeness (QED) is 0.523. The van der Waals surface area contributed by atoms with Gasteiger partial charge >= 0.3 is 0 Å². The van der Waals surface area contributed by atoms with Crippen molar-refractivity contribution in [1.82, 2.24) is 4.90 Å². The zero-order chi connectivity index (χ0) is 23.4. The number of carbonyl (C=O) groups excluding carboxylic acids is 1. The first-order valence-corrected chi connectivity index (χ1v) is 10.6. The van der Waals surface area contributed by atoms with Crippen molar-refractivity contribution in [2.45, 2.75) is 12.5 Å². The van der Waals surface area contributed by atoms with Crippen molar-refractivity contribution in [1.29, 1.82) is 0 Å². The van der Waals surface area contributed by atoms with Gasteiger partial charge in [-0.1, -0.05) is 12.1 Å². The zero-order valence-electron chi connectivity index (χ0n) is 18.8. The minimum atomic E-state index is -0.393. The molecule has 0 fully saturated rings. The number of hydrogen-bond donors (Lipinski definition) is 0. The van der Waals surface area contributed by atoms with E-state index in [0.717, 1.165) is 11.1 Å². The van der Waals surface area contributed by atoms with E-state index in [1.54, 1.807) is 50.5 Å². The first-order chi connectivity index (χ1) is 16.0. The van der Waals surface area contributed by atoms with Crippen LogP contribution < -0.4 is 18.9 Å². The third-order valence-electron chi connectivity index (χ3n) is 5.82. The van der Waals surface area contributed by atoms with Crippen LogP contribution >= 0.6 is 0 Å². The number of ether oxygens (including phenoxy) is 4. The first kappa shape index (κ1) is 22.5. The topological polar surface area (TPSA) is 57.2 Å². The molecular weight excluding hydrogens is 425 g/mol. The lowest BCUT2D eigenvalue weighted by molar-refractivity contribution is 0.0586. The fourth-order valence-electron chi connectivity index (χ4n) is 4.13. The lowest BCUT2D eigenvalue weighted by atomic mass is 9.91. The van der Waals surface area contributed by atoms with Gasteiger partial charge in [0.1, 0.15) is 23.9 Å². The van der Waals surface area contributed by atoms with Gasteiger partial charge in [-0.05, 0) is 66.1 Å². The van der Waals surface area contributed by atoms with Crippen LogP contribution in [0.5, 0.6) is 23.0 Å². The van der Waals surface area contributed by atoms with E-state index in [1.165, 1.54) is 12.1 Å². The van der Waals surface area contributed by atoms with E-state index in [9.17, 15) is 9.18 Å². The number of hydrogen-bond acceptors (Lipinski definition) is 5. The van der Waals surface area contributed by atoms with Crippen molar-refractivity contribution < 1.29 is 28.1 Å². The van der Waals surface area contributed by atoms with Crippen LogP contribution in [0.25, 0.3) is 0 Å². The Kier molecular flexibility index (Phi) is 6.68. The molecule has 1 aliphatic heterocycles. The Morgan fingerprint density at radius 3 is 2.30 bits per heavy atom. The zero-order valence-corrected chi connectivity index (χ0v) is 18.8. The molecule has 0 aliphatic carbocycles. The molecule has 0 N–H and O–H groups in total. The van der Waals surface area contributed by atoms with Crippen molar-refractivity contribution in [3.8, 4) is 23.0 Å². The van der Waals surface area contributed by atoms with Gasteiger partial charge < -0.3 is 23.8 Å². The Morgan fingerprint density at radius 1 is 0.939 bits per heavy atom. The monoisotopic (exact) mass is 451 g/mol. The number of carbonyl (C=O) groups is 1. The highest BCUT2D eigenvalue weighted by Gasteiger charge is 2.34. The fourth-order valence-corrected chi connectivity index (χ4v) is 4.13. The summed E-state index contributed by atoms with van der Waals surface area (Å²) in [7, 11) is 4.72. The summed E-state index contributed by atoms with van der Waals surface area (Å²) >= 11 is 0. The molecule has 0 bridgehead atoms. The lowest BCUT2D eigenvalue weighted by Crippen LogP contribution is -2.42. The third kappa shape index (κ3) is 4.58. The van der Waals surface area contributed by atoms with Gasteiger partial charge in [-0.25, -0.2) is 4.39 Å². The molecule has 1 heterocycles. The summed E-state index contributed by atoms with van der Waals surface area (Å²) in [5, 5.41) is 0. The minimum Gasteiger partial charge on any atom is -0.496 e. The standard InChI is InChI=1S/C26H26FNO5/c1-30-23-7-5-4-6-20(23)26(29)28-13-12-17-14-24(31-2)25(32-3)15-21(17)22(28)16-33-19-10-8-18(27)9-11-19/h4-11,14-15,22H,12-13,16H2,1-3H3/t22-/m1/s1. The Bertz CT molecular complexity index is 1130. The van der Waals surface area contributed by atoms with Gasteiger partial charge in [0.2, 0.25) is 0 Å². The maximum atomic E-state index is 13.6. The Morgan fingerprint density at radius 2 is 1.61 bits per heavy atom. The van der Waals surface area contributed by atoms with Gasteiger partial charge in [-0.15, -0.1) is 0 Å². The van der Waals surface area contributed by atoms with E-state index in [0.29, 0.717) is 41.5 Å². The molecule has 6 nitrogen and oxygen atoms in total. The SMILES string of the molecule is COc1cc2c(cc1OC)[C@@H](COc1ccc(F)cc1)N(C(=O)c1ccccc1OC)CC2. The predicted molar refractivity (Wildman–Crippen MR) is 122 cm³/mol.